The molecule has 2 aromatic heterocycles. The summed E-state index contributed by atoms with van der Waals surface area (Å²) in [6.45, 7) is 4.71. The Morgan fingerprint density at radius 3 is 1.63 bits per heavy atom. The molecule has 0 spiro atoms. The van der Waals surface area contributed by atoms with Crippen LogP contribution in [0.1, 0.15) is 25.0 Å². The highest BCUT2D eigenvalue weighted by atomic mass is 15.1. The Morgan fingerprint density at radius 1 is 0.389 bits per heavy atom. The highest BCUT2D eigenvalue weighted by molar-refractivity contribution is 6.16. The molecule has 0 radical (unpaired) electrons. The first-order chi connectivity index (χ1) is 26.6. The molecule has 54 heavy (non-hydrogen) atoms. The highest BCUT2D eigenvalue weighted by Crippen LogP contribution is 2.50. The molecule has 1 aliphatic carbocycles. The Kier molecular flexibility index (Phi) is 6.60. The molecule has 8 aromatic carbocycles. The molecular weight excluding hydrogens is 655 g/mol. The van der Waals surface area contributed by atoms with Crippen molar-refractivity contribution in [1.29, 1.82) is 0 Å². The minimum atomic E-state index is -0.0820. The minimum Gasteiger partial charge on any atom is -0.310 e. The third kappa shape index (κ3) is 4.36. The lowest BCUT2D eigenvalue weighted by Gasteiger charge is -2.27. The second-order valence-corrected chi connectivity index (χ2v) is 15.0. The molecule has 0 saturated heterocycles. The molecule has 0 fully saturated rings. The van der Waals surface area contributed by atoms with Crippen molar-refractivity contribution in [2.24, 2.45) is 0 Å². The van der Waals surface area contributed by atoms with Crippen molar-refractivity contribution in [2.75, 3.05) is 4.90 Å². The quantitative estimate of drug-likeness (QED) is 0.175. The van der Waals surface area contributed by atoms with Crippen LogP contribution >= 0.6 is 0 Å². The van der Waals surface area contributed by atoms with Gasteiger partial charge in [0.05, 0.1) is 27.8 Å². The number of aromatic nitrogens is 2. The Labute approximate surface area is 314 Å². The van der Waals surface area contributed by atoms with Crippen LogP contribution in [0, 0.1) is 0 Å². The summed E-state index contributed by atoms with van der Waals surface area (Å²) in [5, 5.41) is 4.99. The van der Waals surface area contributed by atoms with Gasteiger partial charge in [-0.05, 0) is 101 Å². The van der Waals surface area contributed by atoms with Gasteiger partial charge < -0.3 is 14.0 Å². The highest BCUT2D eigenvalue weighted by Gasteiger charge is 2.35. The summed E-state index contributed by atoms with van der Waals surface area (Å²) in [5.41, 5.74) is 15.8. The zero-order valence-electron chi connectivity index (χ0n) is 30.2. The van der Waals surface area contributed by atoms with Gasteiger partial charge in [0.25, 0.3) is 0 Å². The topological polar surface area (TPSA) is 13.1 Å². The Morgan fingerprint density at radius 2 is 0.907 bits per heavy atom. The summed E-state index contributed by atoms with van der Waals surface area (Å²) in [4.78, 5) is 2.41. The van der Waals surface area contributed by atoms with Crippen molar-refractivity contribution in [3.8, 4) is 22.5 Å². The summed E-state index contributed by atoms with van der Waals surface area (Å²) in [6.07, 6.45) is 0. The summed E-state index contributed by atoms with van der Waals surface area (Å²) in [5.74, 6) is 0. The first kappa shape index (κ1) is 30.8. The third-order valence-electron chi connectivity index (χ3n) is 11.7. The van der Waals surface area contributed by atoms with Gasteiger partial charge in [-0.1, -0.05) is 123 Å². The molecule has 3 heteroatoms. The molecule has 0 bridgehead atoms. The van der Waals surface area contributed by atoms with E-state index in [1.54, 1.807) is 0 Å². The molecule has 256 valence electrons. The van der Waals surface area contributed by atoms with Gasteiger partial charge in [-0.25, -0.2) is 0 Å². The number of hydrogen-bond donors (Lipinski definition) is 0. The maximum Gasteiger partial charge on any atom is 0.0562 e. The van der Waals surface area contributed by atoms with Crippen LogP contribution in [-0.2, 0) is 5.41 Å². The van der Waals surface area contributed by atoms with Crippen molar-refractivity contribution < 1.29 is 0 Å². The standard InChI is InChI=1S/C51H37N3/c1-51(2)43-21-10-6-17-38(43)39-32-31-37(33-44(39)51)54-47-24-13-9-20-42(47)50-48(25-14-26-49(50)54)52(34-15-4-3-5-16-34)35-27-29-36(30-28-35)53-45-22-11-7-18-40(45)41-19-8-12-23-46(41)53/h3-33H,1-2H3. The normalized spacial score (nSPS) is 13.1. The molecule has 0 saturated carbocycles. The number of rotatable bonds is 5. The van der Waals surface area contributed by atoms with E-state index in [0.717, 1.165) is 22.7 Å². The van der Waals surface area contributed by atoms with E-state index in [2.05, 4.69) is 216 Å². The predicted octanol–water partition coefficient (Wildman–Crippen LogP) is 13.7. The monoisotopic (exact) mass is 691 g/mol. The zero-order valence-corrected chi connectivity index (χ0v) is 30.2. The lowest BCUT2D eigenvalue weighted by Crippen LogP contribution is -2.15. The van der Waals surface area contributed by atoms with E-state index in [-0.39, 0.29) is 5.41 Å². The number of nitrogens with zero attached hydrogens (tertiary/aromatic N) is 3. The van der Waals surface area contributed by atoms with Crippen molar-refractivity contribution in [3.63, 3.8) is 0 Å². The van der Waals surface area contributed by atoms with E-state index in [4.69, 9.17) is 0 Å². The van der Waals surface area contributed by atoms with Gasteiger partial charge in [-0.15, -0.1) is 0 Å². The van der Waals surface area contributed by atoms with Gasteiger partial charge in [0.1, 0.15) is 0 Å². The second kappa shape index (κ2) is 11.6. The number of para-hydroxylation sites is 4. The number of fused-ring (bicyclic) bond motifs is 9. The van der Waals surface area contributed by atoms with E-state index in [1.807, 2.05) is 0 Å². The molecular formula is C51H37N3. The third-order valence-corrected chi connectivity index (χ3v) is 11.7. The smallest absolute Gasteiger partial charge is 0.0562 e. The zero-order chi connectivity index (χ0) is 36.0. The maximum absolute atomic E-state index is 2.46. The first-order valence-corrected chi connectivity index (χ1v) is 18.8. The molecule has 0 unspecified atom stereocenters. The Hall–Kier alpha value is -6.84. The van der Waals surface area contributed by atoms with Gasteiger partial charge in [0.2, 0.25) is 0 Å². The number of benzene rings is 8. The van der Waals surface area contributed by atoms with Crippen LogP contribution in [0.25, 0.3) is 66.1 Å². The molecule has 0 amide bonds. The summed E-state index contributed by atoms with van der Waals surface area (Å²) in [6, 6.07) is 68.8. The predicted molar refractivity (Wildman–Crippen MR) is 227 cm³/mol. The Bertz CT molecular complexity index is 3020. The van der Waals surface area contributed by atoms with Crippen LogP contribution in [-0.4, -0.2) is 9.13 Å². The van der Waals surface area contributed by atoms with Crippen LogP contribution in [0.5, 0.6) is 0 Å². The molecule has 0 aliphatic heterocycles. The average molecular weight is 692 g/mol. The lowest BCUT2D eigenvalue weighted by atomic mass is 9.82. The van der Waals surface area contributed by atoms with E-state index in [0.29, 0.717) is 0 Å². The minimum absolute atomic E-state index is 0.0820. The lowest BCUT2D eigenvalue weighted by molar-refractivity contribution is 0.660. The molecule has 10 aromatic rings. The van der Waals surface area contributed by atoms with Gasteiger partial charge in [0, 0.05) is 49.7 Å². The van der Waals surface area contributed by atoms with E-state index < -0.39 is 0 Å². The van der Waals surface area contributed by atoms with E-state index >= 15 is 0 Å². The Balaban J connectivity index is 1.11. The summed E-state index contributed by atoms with van der Waals surface area (Å²) < 4.78 is 4.84. The fourth-order valence-corrected chi connectivity index (χ4v) is 9.25. The SMILES string of the molecule is CC1(C)c2ccccc2-c2ccc(-n3c4ccccc4c4c(N(c5ccccc5)c5ccc(-n6c7ccccc7c7ccccc76)cc5)cccc43)cc21. The maximum atomic E-state index is 2.46. The van der Waals surface area contributed by atoms with Crippen LogP contribution < -0.4 is 4.90 Å². The molecule has 3 nitrogen and oxygen atoms in total. The van der Waals surface area contributed by atoms with Crippen molar-refractivity contribution >= 4 is 60.7 Å². The largest absolute Gasteiger partial charge is 0.310 e. The van der Waals surface area contributed by atoms with Gasteiger partial charge >= 0.3 is 0 Å². The molecule has 0 N–H and O–H groups in total. The molecule has 11 rings (SSSR count). The van der Waals surface area contributed by atoms with Crippen LogP contribution in [0.4, 0.5) is 17.1 Å². The van der Waals surface area contributed by atoms with Gasteiger partial charge in [-0.3, -0.25) is 0 Å². The van der Waals surface area contributed by atoms with Crippen LogP contribution in [0.15, 0.2) is 188 Å². The van der Waals surface area contributed by atoms with Crippen LogP contribution in [0.2, 0.25) is 0 Å². The van der Waals surface area contributed by atoms with E-state index in [1.165, 1.54) is 71.6 Å². The van der Waals surface area contributed by atoms with Crippen LogP contribution in [0.3, 0.4) is 0 Å². The fourth-order valence-electron chi connectivity index (χ4n) is 9.25. The summed E-state index contributed by atoms with van der Waals surface area (Å²) in [7, 11) is 0. The summed E-state index contributed by atoms with van der Waals surface area (Å²) >= 11 is 0. The van der Waals surface area contributed by atoms with Crippen molar-refractivity contribution in [1.82, 2.24) is 9.13 Å². The van der Waals surface area contributed by atoms with Crippen molar-refractivity contribution in [3.05, 3.63) is 199 Å². The van der Waals surface area contributed by atoms with Gasteiger partial charge in [0.15, 0.2) is 0 Å². The number of hydrogen-bond acceptors (Lipinski definition) is 1. The second-order valence-electron chi connectivity index (χ2n) is 15.0. The molecule has 2 heterocycles. The molecule has 0 atom stereocenters. The average Bonchev–Trinajstić information content (AvgIpc) is 3.82. The fraction of sp³-hybridized carbons (Fsp3) is 0.0588. The van der Waals surface area contributed by atoms with E-state index in [9.17, 15) is 0 Å². The van der Waals surface area contributed by atoms with Gasteiger partial charge in [-0.2, -0.15) is 0 Å². The first-order valence-electron chi connectivity index (χ1n) is 18.8. The molecule has 1 aliphatic rings. The number of anilines is 3. The van der Waals surface area contributed by atoms with Crippen molar-refractivity contribution in [2.45, 2.75) is 19.3 Å².